The minimum absolute atomic E-state index is 0.442. The van der Waals surface area contributed by atoms with Crippen molar-refractivity contribution in [1.29, 1.82) is 0 Å². The van der Waals surface area contributed by atoms with Crippen LogP contribution in [0.15, 0.2) is 54.6 Å². The quantitative estimate of drug-likeness (QED) is 0.576. The number of nitrogens with zero attached hydrogens (tertiary/aromatic N) is 1. The normalized spacial score (nSPS) is 12.5. The first-order valence-electron chi connectivity index (χ1n) is 6.59. The Morgan fingerprint density at radius 3 is 2.17 bits per heavy atom. The van der Waals surface area contributed by atoms with E-state index in [1.807, 2.05) is 0 Å². The summed E-state index contributed by atoms with van der Waals surface area (Å²) in [6, 6.07) is 15.3. The third kappa shape index (κ3) is 3.83. The zero-order valence-corrected chi connectivity index (χ0v) is 14.3. The van der Waals surface area contributed by atoms with Crippen LogP contribution in [0, 0.1) is 0 Å². The lowest BCUT2D eigenvalue weighted by Crippen LogP contribution is -2.53. The molecule has 1 atom stereocenters. The van der Waals surface area contributed by atoms with Crippen LogP contribution in [0.5, 0.6) is 5.75 Å². The number of rotatable bonds is 6. The van der Waals surface area contributed by atoms with Gasteiger partial charge in [0.1, 0.15) is 11.3 Å². The average molecular weight is 374 g/mol. The van der Waals surface area contributed by atoms with Gasteiger partial charge < -0.3 is 19.5 Å². The van der Waals surface area contributed by atoms with Gasteiger partial charge in [0, 0.05) is 5.69 Å². The van der Waals surface area contributed by atoms with Crippen LogP contribution in [0.4, 0.5) is 5.69 Å². The van der Waals surface area contributed by atoms with Gasteiger partial charge in [-0.1, -0.05) is 65.1 Å². The fraction of sp³-hybridized carbons (Fsp3) is 0.188. The molecule has 4 nitrogen and oxygen atoms in total. The monoisotopic (exact) mass is 372 g/mol. The van der Waals surface area contributed by atoms with Gasteiger partial charge in [-0.2, -0.15) is 0 Å². The van der Waals surface area contributed by atoms with E-state index in [-0.39, 0.29) is 0 Å². The van der Waals surface area contributed by atoms with E-state index in [2.05, 4.69) is 0 Å². The number of alkyl halides is 3. The van der Waals surface area contributed by atoms with Crippen molar-refractivity contribution < 1.29 is 14.6 Å². The summed E-state index contributed by atoms with van der Waals surface area (Å²) in [4.78, 5) is 12.5. The van der Waals surface area contributed by atoms with Crippen LogP contribution in [0.3, 0.4) is 0 Å². The second kappa shape index (κ2) is 7.30. The number of benzene rings is 2. The lowest BCUT2D eigenvalue weighted by molar-refractivity contribution is -0.306. The van der Waals surface area contributed by atoms with Crippen LogP contribution in [0.1, 0.15) is 11.1 Å². The number of anilines is 1. The molecule has 0 saturated heterocycles. The molecule has 0 N–H and O–H groups in total. The molecule has 0 aliphatic carbocycles. The zero-order chi connectivity index (χ0) is 17.0. The predicted octanol–water partition coefficient (Wildman–Crippen LogP) is 3.32. The number of carboxylic acid groups (broad SMARTS) is 1. The maximum Gasteiger partial charge on any atom is 0.232 e. The van der Waals surface area contributed by atoms with Gasteiger partial charge in [0.15, 0.2) is 0 Å². The minimum atomic E-state index is -2.34. The first-order valence-corrected chi connectivity index (χ1v) is 7.79. The van der Waals surface area contributed by atoms with Gasteiger partial charge in [0.2, 0.25) is 4.46 Å². The highest BCUT2D eigenvalue weighted by Gasteiger charge is 2.39. The van der Waals surface area contributed by atoms with Crippen molar-refractivity contribution >= 4 is 46.5 Å². The summed E-state index contributed by atoms with van der Waals surface area (Å²) in [5.74, 6) is -1.02. The molecule has 2 aromatic carbocycles. The molecule has 0 saturated carbocycles. The summed E-state index contributed by atoms with van der Waals surface area (Å²) >= 11 is 18.4. The van der Waals surface area contributed by atoms with Crippen molar-refractivity contribution in [3.63, 3.8) is 0 Å². The Morgan fingerprint density at radius 2 is 1.70 bits per heavy atom. The fourth-order valence-electron chi connectivity index (χ4n) is 2.03. The topological polar surface area (TPSA) is 52.6 Å². The van der Waals surface area contributed by atoms with Crippen molar-refractivity contribution in [2.45, 2.75) is 9.96 Å². The fourth-order valence-corrected chi connectivity index (χ4v) is 2.93. The summed E-state index contributed by atoms with van der Waals surface area (Å²) in [7, 11) is 1.54. The van der Waals surface area contributed by atoms with E-state index in [9.17, 15) is 9.90 Å². The number of para-hydroxylation sites is 1. The van der Waals surface area contributed by atoms with Crippen molar-refractivity contribution in [3.8, 4) is 5.75 Å². The zero-order valence-electron chi connectivity index (χ0n) is 12.1. The molecule has 0 aliphatic rings. The van der Waals surface area contributed by atoms with Crippen molar-refractivity contribution in [1.82, 2.24) is 0 Å². The lowest BCUT2D eigenvalue weighted by atomic mass is 10.1. The predicted molar refractivity (Wildman–Crippen MR) is 90.0 cm³/mol. The molecule has 2 aromatic rings. The van der Waals surface area contributed by atoms with E-state index in [0.29, 0.717) is 17.0 Å². The Bertz CT molecular complexity index is 662. The van der Waals surface area contributed by atoms with Crippen LogP contribution >= 0.6 is 34.8 Å². The number of carboxylic acids is 1. The molecule has 0 aliphatic heterocycles. The van der Waals surface area contributed by atoms with Crippen molar-refractivity contribution in [2.75, 3.05) is 12.0 Å². The Hall–Kier alpha value is -1.62. The Kier molecular flexibility index (Phi) is 5.63. The molecule has 0 heterocycles. The molecule has 0 spiro atoms. The summed E-state index contributed by atoms with van der Waals surface area (Å²) in [5.41, 5.74) is 0.108. The molecule has 0 bridgehead atoms. The van der Waals surface area contributed by atoms with Gasteiger partial charge in [-0.15, -0.1) is 0 Å². The Morgan fingerprint density at radius 1 is 1.13 bits per heavy atom. The molecule has 23 heavy (non-hydrogen) atoms. The highest BCUT2D eigenvalue weighted by Crippen LogP contribution is 2.41. The number of carbonyl (C=O) groups is 1. The third-order valence-corrected chi connectivity index (χ3v) is 4.32. The third-order valence-electron chi connectivity index (χ3n) is 3.20. The van der Waals surface area contributed by atoms with Crippen LogP contribution in [0.2, 0.25) is 0 Å². The van der Waals surface area contributed by atoms with Crippen molar-refractivity contribution in [3.05, 3.63) is 60.2 Å². The molecular weight excluding hydrogens is 361 g/mol. The van der Waals surface area contributed by atoms with Gasteiger partial charge in [-0.25, -0.2) is 0 Å². The van der Waals surface area contributed by atoms with Gasteiger partial charge in [0.05, 0.1) is 13.1 Å². The largest absolute Gasteiger partial charge is 0.545 e. The summed E-state index contributed by atoms with van der Waals surface area (Å²) in [6.07, 6.45) is 0. The molecule has 2 rings (SSSR count). The maximum atomic E-state index is 11.4. The summed E-state index contributed by atoms with van der Waals surface area (Å²) in [5, 5.41) is 11.4. The number of hydrogen-bond donors (Lipinski definition) is 0. The number of methoxy groups -OCH3 is 1. The summed E-state index contributed by atoms with van der Waals surface area (Å²) < 4.78 is 2.75. The molecule has 122 valence electrons. The molecule has 7 heteroatoms. The van der Waals surface area contributed by atoms with Gasteiger partial charge in [0.25, 0.3) is 0 Å². The number of ether oxygens (including phenoxy) is 1. The van der Waals surface area contributed by atoms with Gasteiger partial charge in [-0.05, 0) is 29.8 Å². The van der Waals surface area contributed by atoms with Crippen LogP contribution < -0.4 is 14.7 Å². The van der Waals surface area contributed by atoms with E-state index in [4.69, 9.17) is 39.5 Å². The first-order chi connectivity index (χ1) is 10.9. The number of halogens is 3. The highest BCUT2D eigenvalue weighted by molar-refractivity contribution is 6.58. The number of hydrogen-bond acceptors (Lipinski definition) is 4. The SMILES string of the molecule is COc1ccc([C@@H](Cl)N(c2ccccc2)C(Cl)(Cl)C(=O)[O-])cc1. The van der Waals surface area contributed by atoms with E-state index < -0.39 is 15.9 Å². The summed E-state index contributed by atoms with van der Waals surface area (Å²) in [6.45, 7) is 0. The molecule has 0 radical (unpaired) electrons. The van der Waals surface area contributed by atoms with Gasteiger partial charge in [-0.3, -0.25) is 0 Å². The smallest absolute Gasteiger partial charge is 0.232 e. The second-order valence-corrected chi connectivity index (χ2v) is 6.34. The molecular formula is C16H13Cl3NO3-. The second-order valence-electron chi connectivity index (χ2n) is 4.64. The number of carbonyl (C=O) groups excluding carboxylic acids is 1. The van der Waals surface area contributed by atoms with Crippen LogP contribution in [0.25, 0.3) is 0 Å². The van der Waals surface area contributed by atoms with Crippen LogP contribution in [-0.2, 0) is 4.79 Å². The van der Waals surface area contributed by atoms with Gasteiger partial charge >= 0.3 is 0 Å². The number of aliphatic carboxylic acids is 1. The minimum Gasteiger partial charge on any atom is -0.545 e. The highest BCUT2D eigenvalue weighted by atomic mass is 35.5. The standard InChI is InChI=1S/C16H14Cl3NO3/c1-23-13-9-7-11(8-10-13)14(17)20(16(18,19)15(21)22)12-5-3-2-4-6-12/h2-10,14H,1H3,(H,21,22)/p-1/t14-/m0/s1. The molecule has 0 fully saturated rings. The molecule has 0 aromatic heterocycles. The first kappa shape index (κ1) is 17.7. The maximum absolute atomic E-state index is 11.4. The molecule has 0 unspecified atom stereocenters. The average Bonchev–Trinajstić information content (AvgIpc) is 2.55. The Labute approximate surface area is 149 Å². The van der Waals surface area contributed by atoms with E-state index in [1.54, 1.807) is 61.7 Å². The van der Waals surface area contributed by atoms with E-state index >= 15 is 0 Å². The lowest BCUT2D eigenvalue weighted by Gasteiger charge is -2.40. The Balaban J connectivity index is 2.46. The van der Waals surface area contributed by atoms with Crippen molar-refractivity contribution in [2.24, 2.45) is 0 Å². The van der Waals surface area contributed by atoms with E-state index in [0.717, 1.165) is 4.90 Å². The van der Waals surface area contributed by atoms with E-state index in [1.165, 1.54) is 0 Å². The van der Waals surface area contributed by atoms with Crippen LogP contribution in [-0.4, -0.2) is 17.5 Å². The molecule has 0 amide bonds.